The third-order valence-corrected chi connectivity index (χ3v) is 2.31. The first-order chi connectivity index (χ1) is 7.72. The Bertz CT molecular complexity index is 532. The summed E-state index contributed by atoms with van der Waals surface area (Å²) >= 11 is 5.89. The molecule has 2 aromatic heterocycles. The highest BCUT2D eigenvalue weighted by Crippen LogP contribution is 2.19. The number of hydrogen-bond acceptors (Lipinski definition) is 5. The maximum absolute atomic E-state index is 5.89. The zero-order chi connectivity index (χ0) is 11.5. The van der Waals surface area contributed by atoms with Crippen molar-refractivity contribution in [2.45, 2.75) is 6.54 Å². The van der Waals surface area contributed by atoms with Crippen molar-refractivity contribution in [1.82, 2.24) is 19.5 Å². The van der Waals surface area contributed by atoms with E-state index < -0.39 is 0 Å². The van der Waals surface area contributed by atoms with Gasteiger partial charge in [-0.25, -0.2) is 4.98 Å². The molecular weight excluding hydrogens is 228 g/mol. The predicted octanol–water partition coefficient (Wildman–Crippen LogP) is 0.577. The summed E-state index contributed by atoms with van der Waals surface area (Å²) in [6.07, 6.45) is 5.43. The number of anilines is 1. The van der Waals surface area contributed by atoms with Gasteiger partial charge in [-0.2, -0.15) is 9.97 Å². The molecule has 4 N–H and O–H groups in total. The van der Waals surface area contributed by atoms with E-state index >= 15 is 0 Å². The Morgan fingerprint density at radius 1 is 1.38 bits per heavy atom. The molecule has 0 aliphatic rings. The van der Waals surface area contributed by atoms with Gasteiger partial charge in [0, 0.05) is 13.1 Å². The molecule has 0 radical (unpaired) electrons. The first-order valence-corrected chi connectivity index (χ1v) is 5.09. The number of hydrogen-bond donors (Lipinski definition) is 2. The Morgan fingerprint density at radius 2 is 2.19 bits per heavy atom. The van der Waals surface area contributed by atoms with E-state index in [1.54, 1.807) is 6.33 Å². The lowest BCUT2D eigenvalue weighted by atomic mass is 10.4. The third-order valence-electron chi connectivity index (χ3n) is 2.04. The van der Waals surface area contributed by atoms with Gasteiger partial charge in [0.05, 0.1) is 6.33 Å². The number of allylic oxidation sites excluding steroid dienone is 1. The van der Waals surface area contributed by atoms with Crippen LogP contribution in [0.4, 0.5) is 5.95 Å². The molecule has 0 aromatic carbocycles. The number of fused-ring (bicyclic) bond motifs is 1. The van der Waals surface area contributed by atoms with Gasteiger partial charge >= 0.3 is 0 Å². The van der Waals surface area contributed by atoms with Crippen LogP contribution in [-0.2, 0) is 6.54 Å². The molecule has 0 saturated heterocycles. The maximum atomic E-state index is 5.89. The molecule has 16 heavy (non-hydrogen) atoms. The molecule has 0 bridgehead atoms. The number of imidazole rings is 1. The van der Waals surface area contributed by atoms with Crippen LogP contribution in [0.2, 0.25) is 5.15 Å². The Hall–Kier alpha value is -1.66. The van der Waals surface area contributed by atoms with Gasteiger partial charge in [-0.3, -0.25) is 0 Å². The van der Waals surface area contributed by atoms with Gasteiger partial charge in [0.2, 0.25) is 5.95 Å². The molecule has 0 fully saturated rings. The van der Waals surface area contributed by atoms with E-state index in [-0.39, 0.29) is 11.1 Å². The minimum atomic E-state index is 0.141. The Balaban J connectivity index is 2.43. The van der Waals surface area contributed by atoms with Crippen LogP contribution in [0.5, 0.6) is 0 Å². The number of halogens is 1. The molecule has 0 aliphatic carbocycles. The largest absolute Gasteiger partial charge is 0.368 e. The second-order valence-electron chi connectivity index (χ2n) is 3.15. The average molecular weight is 239 g/mol. The summed E-state index contributed by atoms with van der Waals surface area (Å²) in [4.78, 5) is 12.0. The average Bonchev–Trinajstić information content (AvgIpc) is 2.62. The molecule has 2 aromatic rings. The summed E-state index contributed by atoms with van der Waals surface area (Å²) in [5, 5.41) is 0.268. The first-order valence-electron chi connectivity index (χ1n) is 4.71. The standard InChI is InChI=1S/C9H11ClN6/c10-7-6-8(15-9(12)14-7)16(5-13-6)4-2-1-3-11/h1-2,5H,3-4,11H2,(H2,12,14,15)/b2-1-. The van der Waals surface area contributed by atoms with Crippen LogP contribution in [0.25, 0.3) is 11.2 Å². The van der Waals surface area contributed by atoms with Gasteiger partial charge in [-0.1, -0.05) is 23.8 Å². The smallest absolute Gasteiger partial charge is 0.223 e. The lowest BCUT2D eigenvalue weighted by molar-refractivity contribution is 0.835. The van der Waals surface area contributed by atoms with Crippen LogP contribution in [0, 0.1) is 0 Å². The van der Waals surface area contributed by atoms with E-state index in [9.17, 15) is 0 Å². The molecule has 6 nitrogen and oxygen atoms in total. The number of rotatable bonds is 3. The fourth-order valence-corrected chi connectivity index (χ4v) is 1.56. The molecule has 2 rings (SSSR count). The zero-order valence-electron chi connectivity index (χ0n) is 8.47. The second kappa shape index (κ2) is 4.46. The van der Waals surface area contributed by atoms with Crippen molar-refractivity contribution in [1.29, 1.82) is 0 Å². The molecule has 0 saturated carbocycles. The minimum absolute atomic E-state index is 0.141. The fourth-order valence-electron chi connectivity index (χ4n) is 1.34. The molecule has 0 aliphatic heterocycles. The van der Waals surface area contributed by atoms with Gasteiger partial charge in [-0.15, -0.1) is 0 Å². The van der Waals surface area contributed by atoms with Crippen LogP contribution >= 0.6 is 11.6 Å². The predicted molar refractivity (Wildman–Crippen MR) is 62.9 cm³/mol. The van der Waals surface area contributed by atoms with E-state index in [4.69, 9.17) is 23.1 Å². The molecule has 2 heterocycles. The van der Waals surface area contributed by atoms with Gasteiger partial charge in [0.15, 0.2) is 10.8 Å². The van der Waals surface area contributed by atoms with Crippen LogP contribution in [-0.4, -0.2) is 26.1 Å². The highest BCUT2D eigenvalue weighted by atomic mass is 35.5. The van der Waals surface area contributed by atoms with E-state index in [0.717, 1.165) is 0 Å². The molecular formula is C9H11ClN6. The highest BCUT2D eigenvalue weighted by Gasteiger charge is 2.09. The van der Waals surface area contributed by atoms with E-state index in [1.807, 2.05) is 16.7 Å². The first kappa shape index (κ1) is 10.8. The lowest BCUT2D eigenvalue weighted by Gasteiger charge is -1.99. The third kappa shape index (κ3) is 1.98. The van der Waals surface area contributed by atoms with Gasteiger partial charge in [0.25, 0.3) is 0 Å². The summed E-state index contributed by atoms with van der Waals surface area (Å²) in [5.74, 6) is 0.141. The number of aromatic nitrogens is 4. The normalized spacial score (nSPS) is 11.6. The van der Waals surface area contributed by atoms with Crippen molar-refractivity contribution in [3.05, 3.63) is 23.6 Å². The minimum Gasteiger partial charge on any atom is -0.368 e. The van der Waals surface area contributed by atoms with E-state index in [0.29, 0.717) is 24.3 Å². The SMILES string of the molecule is NC/C=C\Cn1cnc2c(Cl)nc(N)nc21. The Morgan fingerprint density at radius 3 is 2.94 bits per heavy atom. The fraction of sp³-hybridized carbons (Fsp3) is 0.222. The monoisotopic (exact) mass is 238 g/mol. The van der Waals surface area contributed by atoms with Crippen molar-refractivity contribution < 1.29 is 0 Å². The second-order valence-corrected chi connectivity index (χ2v) is 3.51. The highest BCUT2D eigenvalue weighted by molar-refractivity contribution is 6.33. The topological polar surface area (TPSA) is 95.6 Å². The quantitative estimate of drug-likeness (QED) is 0.602. The molecule has 7 heteroatoms. The van der Waals surface area contributed by atoms with Gasteiger partial charge in [-0.05, 0) is 0 Å². The van der Waals surface area contributed by atoms with Gasteiger partial charge < -0.3 is 16.0 Å². The molecule has 0 spiro atoms. The van der Waals surface area contributed by atoms with Crippen LogP contribution < -0.4 is 11.5 Å². The van der Waals surface area contributed by atoms with Crippen LogP contribution in [0.15, 0.2) is 18.5 Å². The van der Waals surface area contributed by atoms with Crippen molar-refractivity contribution >= 4 is 28.7 Å². The van der Waals surface area contributed by atoms with Crippen molar-refractivity contribution in [3.63, 3.8) is 0 Å². The molecule has 0 atom stereocenters. The summed E-state index contributed by atoms with van der Waals surface area (Å²) in [5.41, 5.74) is 12.0. The summed E-state index contributed by atoms with van der Waals surface area (Å²) in [6.45, 7) is 1.13. The van der Waals surface area contributed by atoms with E-state index in [2.05, 4.69) is 15.0 Å². The number of nitrogen functional groups attached to an aromatic ring is 1. The molecule has 84 valence electrons. The summed E-state index contributed by atoms with van der Waals surface area (Å²) < 4.78 is 1.82. The summed E-state index contributed by atoms with van der Waals surface area (Å²) in [7, 11) is 0. The summed E-state index contributed by atoms with van der Waals surface area (Å²) in [6, 6.07) is 0. The van der Waals surface area contributed by atoms with Crippen molar-refractivity contribution in [2.24, 2.45) is 5.73 Å². The lowest BCUT2D eigenvalue weighted by Crippen LogP contribution is -2.00. The van der Waals surface area contributed by atoms with Gasteiger partial charge in [0.1, 0.15) is 5.52 Å². The van der Waals surface area contributed by atoms with Crippen molar-refractivity contribution in [2.75, 3.05) is 12.3 Å². The van der Waals surface area contributed by atoms with Crippen LogP contribution in [0.1, 0.15) is 0 Å². The zero-order valence-corrected chi connectivity index (χ0v) is 9.22. The Kier molecular flexibility index (Phi) is 3.02. The maximum Gasteiger partial charge on any atom is 0.223 e. The van der Waals surface area contributed by atoms with E-state index in [1.165, 1.54) is 0 Å². The number of nitrogens with two attached hydrogens (primary N) is 2. The van der Waals surface area contributed by atoms with Crippen LogP contribution in [0.3, 0.4) is 0 Å². The Labute approximate surface area is 96.9 Å². The van der Waals surface area contributed by atoms with Crippen molar-refractivity contribution in [3.8, 4) is 0 Å². The molecule has 0 amide bonds. The number of nitrogens with zero attached hydrogens (tertiary/aromatic N) is 4. The molecule has 0 unspecified atom stereocenters.